The zero-order valence-electron chi connectivity index (χ0n) is 22.4. The van der Waals surface area contributed by atoms with Gasteiger partial charge in [0.1, 0.15) is 23.4 Å². The molecule has 3 aromatic rings. The van der Waals surface area contributed by atoms with Gasteiger partial charge in [-0.15, -0.1) is 0 Å². The Morgan fingerprint density at radius 2 is 1.61 bits per heavy atom. The molecule has 2 atom stereocenters. The van der Waals surface area contributed by atoms with Crippen molar-refractivity contribution < 1.29 is 24.2 Å². The molecule has 0 spiro atoms. The van der Waals surface area contributed by atoms with Crippen LogP contribution in [-0.2, 0) is 20.7 Å². The lowest BCUT2D eigenvalue weighted by atomic mass is 10.0. The van der Waals surface area contributed by atoms with Gasteiger partial charge < -0.3 is 25.4 Å². The highest BCUT2D eigenvalue weighted by Gasteiger charge is 2.34. The topological polar surface area (TPSA) is 108 Å². The maximum Gasteiger partial charge on any atom is 0.408 e. The number of nitrogens with one attached hydrogen (secondary N) is 2. The SMILES string of the molecule is Cc1ccccc1NC(=O)C(c1cccc(O)c1)N(C)C(=O)C(Cc1ccccc1)NC(=O)OC(C)(C)C. The summed E-state index contributed by atoms with van der Waals surface area (Å²) in [5, 5.41) is 15.7. The standard InChI is InChI=1S/C30H35N3O5/c1-20-12-9-10-17-24(20)31-27(35)26(22-15-11-16-23(34)19-22)33(5)28(36)25(18-21-13-7-6-8-14-21)32-29(37)38-30(2,3)4/h6-17,19,25-26,34H,18H2,1-5H3,(H,31,35)(H,32,37). The van der Waals surface area contributed by atoms with E-state index < -0.39 is 35.6 Å². The first-order chi connectivity index (χ1) is 17.9. The Balaban J connectivity index is 1.95. The van der Waals surface area contributed by atoms with Gasteiger partial charge in [0.2, 0.25) is 5.91 Å². The van der Waals surface area contributed by atoms with E-state index in [1.165, 1.54) is 24.1 Å². The molecule has 0 aliphatic rings. The van der Waals surface area contributed by atoms with Crippen LogP contribution in [0.3, 0.4) is 0 Å². The van der Waals surface area contributed by atoms with Gasteiger partial charge in [0.15, 0.2) is 0 Å². The summed E-state index contributed by atoms with van der Waals surface area (Å²) >= 11 is 0. The lowest BCUT2D eigenvalue weighted by Crippen LogP contribution is -2.52. The summed E-state index contributed by atoms with van der Waals surface area (Å²) in [7, 11) is 1.50. The van der Waals surface area contributed by atoms with Crippen molar-refractivity contribution in [1.29, 1.82) is 0 Å². The number of rotatable bonds is 8. The van der Waals surface area contributed by atoms with Crippen LogP contribution in [0.5, 0.6) is 5.75 Å². The van der Waals surface area contributed by atoms with E-state index in [2.05, 4.69) is 10.6 Å². The number of hydrogen-bond donors (Lipinski definition) is 3. The average Bonchev–Trinajstić information content (AvgIpc) is 2.84. The van der Waals surface area contributed by atoms with E-state index >= 15 is 0 Å². The monoisotopic (exact) mass is 517 g/mol. The second-order valence-corrected chi connectivity index (χ2v) is 10.1. The number of ether oxygens (including phenoxy) is 1. The number of hydrogen-bond acceptors (Lipinski definition) is 5. The Morgan fingerprint density at radius 1 is 0.947 bits per heavy atom. The zero-order valence-corrected chi connectivity index (χ0v) is 22.4. The molecule has 0 radical (unpaired) electrons. The van der Waals surface area contributed by atoms with Crippen LogP contribution < -0.4 is 10.6 Å². The Hall–Kier alpha value is -4.33. The number of alkyl carbamates (subject to hydrolysis) is 1. The van der Waals surface area contributed by atoms with Crippen molar-refractivity contribution in [2.75, 3.05) is 12.4 Å². The van der Waals surface area contributed by atoms with Crippen molar-refractivity contribution in [2.45, 2.75) is 51.8 Å². The Morgan fingerprint density at radius 3 is 2.24 bits per heavy atom. The minimum Gasteiger partial charge on any atom is -0.508 e. The van der Waals surface area contributed by atoms with E-state index in [1.807, 2.05) is 55.5 Å². The predicted molar refractivity (Wildman–Crippen MR) is 147 cm³/mol. The minimum absolute atomic E-state index is 0.0373. The molecule has 200 valence electrons. The second kappa shape index (κ2) is 12.3. The van der Waals surface area contributed by atoms with E-state index in [0.717, 1.165) is 11.1 Å². The first-order valence-electron chi connectivity index (χ1n) is 12.4. The molecule has 0 fully saturated rings. The molecule has 3 aromatic carbocycles. The summed E-state index contributed by atoms with van der Waals surface area (Å²) in [4.78, 5) is 41.5. The quantitative estimate of drug-likeness (QED) is 0.391. The summed E-state index contributed by atoms with van der Waals surface area (Å²) in [5.41, 5.74) is 1.96. The van der Waals surface area contributed by atoms with Crippen LogP contribution in [0, 0.1) is 6.92 Å². The number of amides is 3. The van der Waals surface area contributed by atoms with E-state index in [9.17, 15) is 19.5 Å². The molecule has 0 heterocycles. The third-order valence-corrected chi connectivity index (χ3v) is 5.84. The third kappa shape index (κ3) is 7.83. The highest BCUT2D eigenvalue weighted by Crippen LogP contribution is 2.27. The maximum absolute atomic E-state index is 13.9. The zero-order chi connectivity index (χ0) is 27.9. The van der Waals surface area contributed by atoms with Crippen LogP contribution in [-0.4, -0.2) is 46.6 Å². The van der Waals surface area contributed by atoms with E-state index in [4.69, 9.17) is 4.74 Å². The number of likely N-dealkylation sites (N-methyl/N-ethyl adjacent to an activating group) is 1. The van der Waals surface area contributed by atoms with Gasteiger partial charge in [0.05, 0.1) is 0 Å². The Kier molecular flexibility index (Phi) is 9.12. The summed E-state index contributed by atoms with van der Waals surface area (Å²) in [6.07, 6.45) is -0.548. The molecule has 38 heavy (non-hydrogen) atoms. The van der Waals surface area contributed by atoms with Crippen LogP contribution in [0.4, 0.5) is 10.5 Å². The van der Waals surface area contributed by atoms with Gasteiger partial charge in [-0.1, -0.05) is 60.7 Å². The molecule has 0 bridgehead atoms. The molecular weight excluding hydrogens is 482 g/mol. The number of nitrogens with zero attached hydrogens (tertiary/aromatic N) is 1. The van der Waals surface area contributed by atoms with Crippen molar-refractivity contribution in [3.63, 3.8) is 0 Å². The molecule has 3 rings (SSSR count). The highest BCUT2D eigenvalue weighted by atomic mass is 16.6. The number of para-hydroxylation sites is 1. The van der Waals surface area contributed by atoms with Crippen molar-refractivity contribution in [3.05, 3.63) is 95.6 Å². The van der Waals surface area contributed by atoms with E-state index in [1.54, 1.807) is 39.0 Å². The molecule has 3 N–H and O–H groups in total. The predicted octanol–water partition coefficient (Wildman–Crippen LogP) is 4.97. The summed E-state index contributed by atoms with van der Waals surface area (Å²) in [6.45, 7) is 7.08. The van der Waals surface area contributed by atoms with E-state index in [0.29, 0.717) is 11.3 Å². The Labute approximate surface area is 223 Å². The van der Waals surface area contributed by atoms with Gasteiger partial charge in [0, 0.05) is 19.2 Å². The molecular formula is C30H35N3O5. The smallest absolute Gasteiger partial charge is 0.408 e. The molecule has 0 aromatic heterocycles. The van der Waals surface area contributed by atoms with Crippen molar-refractivity contribution >= 4 is 23.6 Å². The molecule has 8 heteroatoms. The van der Waals surface area contributed by atoms with Gasteiger partial charge in [0.25, 0.3) is 5.91 Å². The normalized spacial score (nSPS) is 12.7. The number of anilines is 1. The lowest BCUT2D eigenvalue weighted by Gasteiger charge is -2.32. The molecule has 0 aliphatic heterocycles. The molecule has 0 aliphatic carbocycles. The number of benzene rings is 3. The van der Waals surface area contributed by atoms with Crippen molar-refractivity contribution in [1.82, 2.24) is 10.2 Å². The fourth-order valence-electron chi connectivity index (χ4n) is 4.03. The van der Waals surface area contributed by atoms with Gasteiger partial charge in [-0.05, 0) is 62.6 Å². The number of aromatic hydroxyl groups is 1. The maximum atomic E-state index is 13.9. The van der Waals surface area contributed by atoms with Crippen LogP contribution in [0.1, 0.15) is 43.5 Å². The molecule has 2 unspecified atom stereocenters. The van der Waals surface area contributed by atoms with Gasteiger partial charge >= 0.3 is 6.09 Å². The lowest BCUT2D eigenvalue weighted by molar-refractivity contribution is -0.139. The van der Waals surface area contributed by atoms with Crippen LogP contribution >= 0.6 is 0 Å². The van der Waals surface area contributed by atoms with Gasteiger partial charge in [-0.25, -0.2) is 4.79 Å². The summed E-state index contributed by atoms with van der Waals surface area (Å²) in [5.74, 6) is -0.991. The van der Waals surface area contributed by atoms with Crippen molar-refractivity contribution in [3.8, 4) is 5.75 Å². The third-order valence-electron chi connectivity index (χ3n) is 5.84. The van der Waals surface area contributed by atoms with Gasteiger partial charge in [-0.3, -0.25) is 9.59 Å². The first kappa shape index (κ1) is 28.2. The summed E-state index contributed by atoms with van der Waals surface area (Å²) < 4.78 is 5.40. The molecule has 0 saturated heterocycles. The number of carbonyl (C=O) groups excluding carboxylic acids is 3. The highest BCUT2D eigenvalue weighted by molar-refractivity contribution is 5.99. The fourth-order valence-corrected chi connectivity index (χ4v) is 4.03. The van der Waals surface area contributed by atoms with E-state index in [-0.39, 0.29) is 12.2 Å². The summed E-state index contributed by atoms with van der Waals surface area (Å²) in [6, 6.07) is 20.7. The van der Waals surface area contributed by atoms with Crippen LogP contribution in [0.25, 0.3) is 0 Å². The second-order valence-electron chi connectivity index (χ2n) is 10.1. The Bertz CT molecular complexity index is 1270. The van der Waals surface area contributed by atoms with Crippen molar-refractivity contribution in [2.24, 2.45) is 0 Å². The van der Waals surface area contributed by atoms with Gasteiger partial charge in [-0.2, -0.15) is 0 Å². The molecule has 3 amide bonds. The first-order valence-corrected chi connectivity index (χ1v) is 12.4. The number of phenolic OH excluding ortho intramolecular Hbond substituents is 1. The molecule has 0 saturated carbocycles. The minimum atomic E-state index is -1.09. The molecule has 8 nitrogen and oxygen atoms in total. The van der Waals surface area contributed by atoms with Crippen LogP contribution in [0.2, 0.25) is 0 Å². The number of phenols is 1. The largest absolute Gasteiger partial charge is 0.508 e. The average molecular weight is 518 g/mol. The fraction of sp³-hybridized carbons (Fsp3) is 0.300. The number of aryl methyl sites for hydroxylation is 1. The number of carbonyl (C=O) groups is 3. The van der Waals surface area contributed by atoms with Crippen LogP contribution in [0.15, 0.2) is 78.9 Å².